The zero-order valence-electron chi connectivity index (χ0n) is 15.9. The number of hydrogen-bond donors (Lipinski definition) is 2. The molecule has 1 fully saturated rings. The smallest absolute Gasteiger partial charge is 0.426 e. The van der Waals surface area contributed by atoms with Gasteiger partial charge in [0.2, 0.25) is 0 Å². The highest BCUT2D eigenvalue weighted by Crippen LogP contribution is 2.11. The summed E-state index contributed by atoms with van der Waals surface area (Å²) in [7, 11) is 0. The summed E-state index contributed by atoms with van der Waals surface area (Å²) < 4.78 is 10.3. The van der Waals surface area contributed by atoms with Gasteiger partial charge in [-0.1, -0.05) is 30.3 Å². The molecule has 0 aromatic heterocycles. The van der Waals surface area contributed by atoms with Crippen molar-refractivity contribution in [1.82, 2.24) is 20.7 Å². The van der Waals surface area contributed by atoms with E-state index in [0.717, 1.165) is 5.56 Å². The highest BCUT2D eigenvalue weighted by Gasteiger charge is 2.27. The molecule has 2 rings (SSSR count). The first-order chi connectivity index (χ1) is 12.7. The molecule has 9 heteroatoms. The standard InChI is InChI=1S/C18H26N4O5/c1-18(2,3)27-17(25)22-11-9-21(10-12-22)15(23)19-20-16(24)26-13-14-7-5-4-6-8-14/h4-8H,9-13H2,1-3H3,(H,19,23)(H,20,24). The number of amides is 4. The van der Waals surface area contributed by atoms with Gasteiger partial charge in [-0.05, 0) is 26.3 Å². The maximum Gasteiger partial charge on any atom is 0.426 e. The highest BCUT2D eigenvalue weighted by atomic mass is 16.6. The van der Waals surface area contributed by atoms with Crippen molar-refractivity contribution in [3.05, 3.63) is 35.9 Å². The van der Waals surface area contributed by atoms with Crippen LogP contribution in [0, 0.1) is 0 Å². The Bertz CT molecular complexity index is 651. The van der Waals surface area contributed by atoms with Crippen LogP contribution in [0.3, 0.4) is 0 Å². The molecule has 1 aliphatic heterocycles. The SMILES string of the molecule is CC(C)(C)OC(=O)N1CCN(C(=O)NNC(=O)OCc2ccccc2)CC1. The van der Waals surface area contributed by atoms with Gasteiger partial charge in [-0.15, -0.1) is 0 Å². The van der Waals surface area contributed by atoms with Crippen molar-refractivity contribution >= 4 is 18.2 Å². The zero-order valence-corrected chi connectivity index (χ0v) is 15.9. The van der Waals surface area contributed by atoms with Crippen LogP contribution in [-0.2, 0) is 16.1 Å². The number of benzene rings is 1. The zero-order chi connectivity index (χ0) is 19.9. The molecule has 2 N–H and O–H groups in total. The number of nitrogens with zero attached hydrogens (tertiary/aromatic N) is 2. The molecule has 0 unspecified atom stereocenters. The second kappa shape index (κ2) is 9.11. The van der Waals surface area contributed by atoms with Crippen LogP contribution in [0.15, 0.2) is 30.3 Å². The Morgan fingerprint density at radius 2 is 1.56 bits per heavy atom. The van der Waals surface area contributed by atoms with Crippen LogP contribution >= 0.6 is 0 Å². The van der Waals surface area contributed by atoms with Crippen LogP contribution in [0.5, 0.6) is 0 Å². The van der Waals surface area contributed by atoms with E-state index < -0.39 is 23.8 Å². The maximum atomic E-state index is 12.1. The quantitative estimate of drug-likeness (QED) is 0.768. The summed E-state index contributed by atoms with van der Waals surface area (Å²) in [5, 5.41) is 0. The summed E-state index contributed by atoms with van der Waals surface area (Å²) in [6.07, 6.45) is -1.15. The fourth-order valence-electron chi connectivity index (χ4n) is 2.36. The lowest BCUT2D eigenvalue weighted by Crippen LogP contribution is -2.56. The maximum absolute atomic E-state index is 12.1. The minimum Gasteiger partial charge on any atom is -0.444 e. The molecule has 4 amide bonds. The molecule has 0 bridgehead atoms. The predicted octanol–water partition coefficient (Wildman–Crippen LogP) is 2.09. The number of piperazine rings is 1. The molecule has 0 atom stereocenters. The van der Waals surface area contributed by atoms with Gasteiger partial charge in [-0.3, -0.25) is 0 Å². The van der Waals surface area contributed by atoms with E-state index in [1.54, 1.807) is 25.7 Å². The van der Waals surface area contributed by atoms with Crippen LogP contribution in [0.1, 0.15) is 26.3 Å². The molecule has 1 heterocycles. The summed E-state index contributed by atoms with van der Waals surface area (Å²) in [5.41, 5.74) is 4.79. The second-order valence-corrected chi connectivity index (χ2v) is 7.07. The lowest BCUT2D eigenvalue weighted by atomic mass is 10.2. The van der Waals surface area contributed by atoms with E-state index in [1.165, 1.54) is 4.90 Å². The molecule has 0 aliphatic carbocycles. The van der Waals surface area contributed by atoms with Crippen molar-refractivity contribution in [2.45, 2.75) is 33.0 Å². The van der Waals surface area contributed by atoms with Crippen molar-refractivity contribution in [2.24, 2.45) is 0 Å². The van der Waals surface area contributed by atoms with Gasteiger partial charge in [0.25, 0.3) is 0 Å². The summed E-state index contributed by atoms with van der Waals surface area (Å²) in [6, 6.07) is 8.75. The van der Waals surface area contributed by atoms with Crippen molar-refractivity contribution in [1.29, 1.82) is 0 Å². The summed E-state index contributed by atoms with van der Waals surface area (Å²) in [4.78, 5) is 38.8. The van der Waals surface area contributed by atoms with Gasteiger partial charge in [-0.2, -0.15) is 0 Å². The van der Waals surface area contributed by atoms with Gasteiger partial charge in [0.15, 0.2) is 0 Å². The third-order valence-corrected chi connectivity index (χ3v) is 3.70. The molecule has 148 valence electrons. The fourth-order valence-corrected chi connectivity index (χ4v) is 2.36. The van der Waals surface area contributed by atoms with E-state index in [-0.39, 0.29) is 6.61 Å². The highest BCUT2D eigenvalue weighted by molar-refractivity contribution is 5.78. The van der Waals surface area contributed by atoms with Crippen LogP contribution in [0.25, 0.3) is 0 Å². The van der Waals surface area contributed by atoms with Crippen LogP contribution < -0.4 is 10.9 Å². The van der Waals surface area contributed by atoms with Crippen LogP contribution in [0.4, 0.5) is 14.4 Å². The molecular weight excluding hydrogens is 352 g/mol. The number of rotatable bonds is 2. The molecule has 0 spiro atoms. The Hall–Kier alpha value is -2.97. The molecule has 1 aliphatic rings. The lowest BCUT2D eigenvalue weighted by Gasteiger charge is -2.35. The first kappa shape index (κ1) is 20.3. The number of nitrogens with one attached hydrogen (secondary N) is 2. The first-order valence-electron chi connectivity index (χ1n) is 8.74. The Kier molecular flexibility index (Phi) is 6.86. The number of carbonyl (C=O) groups is 3. The van der Waals surface area contributed by atoms with Gasteiger partial charge in [-0.25, -0.2) is 25.2 Å². The third kappa shape index (κ3) is 7.04. The number of ether oxygens (including phenoxy) is 2. The van der Waals surface area contributed by atoms with Crippen LogP contribution in [-0.4, -0.2) is 59.8 Å². The van der Waals surface area contributed by atoms with E-state index in [2.05, 4.69) is 10.9 Å². The average molecular weight is 378 g/mol. The van der Waals surface area contributed by atoms with Gasteiger partial charge >= 0.3 is 18.2 Å². The van der Waals surface area contributed by atoms with E-state index in [0.29, 0.717) is 26.2 Å². The van der Waals surface area contributed by atoms with Gasteiger partial charge in [0, 0.05) is 26.2 Å². The topological polar surface area (TPSA) is 100 Å². The molecule has 1 aromatic rings. The number of hydrogen-bond acceptors (Lipinski definition) is 5. The number of hydrazine groups is 1. The van der Waals surface area contributed by atoms with Crippen molar-refractivity contribution in [2.75, 3.05) is 26.2 Å². The fraction of sp³-hybridized carbons (Fsp3) is 0.500. The summed E-state index contributed by atoms with van der Waals surface area (Å²) in [5.74, 6) is 0. The normalized spacial score (nSPS) is 14.3. The Morgan fingerprint density at radius 1 is 0.963 bits per heavy atom. The van der Waals surface area contributed by atoms with Crippen molar-refractivity contribution in [3.8, 4) is 0 Å². The minimum atomic E-state index is -0.750. The first-order valence-corrected chi connectivity index (χ1v) is 8.74. The molecule has 0 saturated carbocycles. The Labute approximate surface area is 158 Å². The summed E-state index contributed by atoms with van der Waals surface area (Å²) in [6.45, 7) is 6.92. The van der Waals surface area contributed by atoms with Gasteiger partial charge in [0.05, 0.1) is 0 Å². The average Bonchev–Trinajstić information content (AvgIpc) is 2.64. The molecule has 1 saturated heterocycles. The van der Waals surface area contributed by atoms with Gasteiger partial charge in [0.1, 0.15) is 12.2 Å². The molecule has 9 nitrogen and oxygen atoms in total. The molecular formula is C18H26N4O5. The summed E-state index contributed by atoms with van der Waals surface area (Å²) >= 11 is 0. The Morgan fingerprint density at radius 3 is 2.15 bits per heavy atom. The minimum absolute atomic E-state index is 0.108. The second-order valence-electron chi connectivity index (χ2n) is 7.07. The molecule has 1 aromatic carbocycles. The third-order valence-electron chi connectivity index (χ3n) is 3.70. The van der Waals surface area contributed by atoms with Crippen molar-refractivity contribution < 1.29 is 23.9 Å². The van der Waals surface area contributed by atoms with Crippen molar-refractivity contribution in [3.63, 3.8) is 0 Å². The van der Waals surface area contributed by atoms with E-state index >= 15 is 0 Å². The van der Waals surface area contributed by atoms with Gasteiger partial charge < -0.3 is 19.3 Å². The monoisotopic (exact) mass is 378 g/mol. The predicted molar refractivity (Wildman–Crippen MR) is 97.7 cm³/mol. The number of urea groups is 1. The Balaban J connectivity index is 1.67. The largest absolute Gasteiger partial charge is 0.444 e. The van der Waals surface area contributed by atoms with E-state index in [4.69, 9.17) is 9.47 Å². The van der Waals surface area contributed by atoms with E-state index in [1.807, 2.05) is 30.3 Å². The molecule has 0 radical (unpaired) electrons. The molecule has 27 heavy (non-hydrogen) atoms. The van der Waals surface area contributed by atoms with E-state index in [9.17, 15) is 14.4 Å². The number of carbonyl (C=O) groups excluding carboxylic acids is 3. The lowest BCUT2D eigenvalue weighted by molar-refractivity contribution is 0.0169. The van der Waals surface area contributed by atoms with Crippen LogP contribution in [0.2, 0.25) is 0 Å².